The number of aryl methyl sites for hydroxylation is 3. The quantitative estimate of drug-likeness (QED) is 0.831. The highest BCUT2D eigenvalue weighted by Gasteiger charge is 2.32. The Hall–Kier alpha value is -3.15. The summed E-state index contributed by atoms with van der Waals surface area (Å²) in [5, 5.41) is 10.5. The van der Waals surface area contributed by atoms with Gasteiger partial charge in [0.2, 0.25) is 5.78 Å². The number of benzene rings is 1. The first kappa shape index (κ1) is 15.7. The smallest absolute Gasteiger partial charge is 0.339 e. The van der Waals surface area contributed by atoms with E-state index in [1.807, 2.05) is 0 Å². The SMILES string of the molecule is Cc1cc(C)c(=O)oc1-c1c(O)c(C)cc2c1C(=O)C(N)=CC2=O. The monoisotopic (exact) mass is 325 g/mol. The van der Waals surface area contributed by atoms with Gasteiger partial charge in [-0.15, -0.1) is 0 Å². The summed E-state index contributed by atoms with van der Waals surface area (Å²) in [7, 11) is 0. The predicted octanol–water partition coefficient (Wildman–Crippen LogP) is 2.16. The van der Waals surface area contributed by atoms with Crippen molar-refractivity contribution in [2.75, 3.05) is 0 Å². The summed E-state index contributed by atoms with van der Waals surface area (Å²) in [5.41, 5.74) is 6.29. The third-order valence-corrected chi connectivity index (χ3v) is 4.07. The highest BCUT2D eigenvalue weighted by Crippen LogP contribution is 2.40. The normalized spacial score (nSPS) is 13.7. The van der Waals surface area contributed by atoms with E-state index in [4.69, 9.17) is 10.2 Å². The molecule has 0 atom stereocenters. The van der Waals surface area contributed by atoms with Crippen molar-refractivity contribution in [2.24, 2.45) is 5.73 Å². The largest absolute Gasteiger partial charge is 0.507 e. The number of ketones is 2. The molecule has 0 saturated carbocycles. The van der Waals surface area contributed by atoms with Crippen LogP contribution >= 0.6 is 0 Å². The molecule has 6 heteroatoms. The van der Waals surface area contributed by atoms with E-state index in [0.717, 1.165) is 6.08 Å². The van der Waals surface area contributed by atoms with Crippen LogP contribution in [0.1, 0.15) is 37.4 Å². The minimum atomic E-state index is -0.586. The highest BCUT2D eigenvalue weighted by atomic mass is 16.4. The molecule has 1 aliphatic carbocycles. The molecule has 3 N–H and O–H groups in total. The van der Waals surface area contributed by atoms with E-state index in [2.05, 4.69) is 0 Å². The Morgan fingerprint density at radius 3 is 2.29 bits per heavy atom. The van der Waals surface area contributed by atoms with Gasteiger partial charge < -0.3 is 15.3 Å². The highest BCUT2D eigenvalue weighted by molar-refractivity contribution is 6.27. The van der Waals surface area contributed by atoms with Crippen molar-refractivity contribution in [3.05, 3.63) is 62.1 Å². The summed E-state index contributed by atoms with van der Waals surface area (Å²) in [5.74, 6) is -1.19. The number of carbonyl (C=O) groups excluding carboxylic acids is 2. The fourth-order valence-electron chi connectivity index (χ4n) is 2.84. The molecule has 1 aromatic heterocycles. The Morgan fingerprint density at radius 1 is 0.958 bits per heavy atom. The maximum atomic E-state index is 12.5. The van der Waals surface area contributed by atoms with Gasteiger partial charge in [-0.05, 0) is 44.0 Å². The Morgan fingerprint density at radius 2 is 1.62 bits per heavy atom. The molecule has 6 nitrogen and oxygen atoms in total. The van der Waals surface area contributed by atoms with Gasteiger partial charge in [-0.2, -0.15) is 0 Å². The first-order chi connectivity index (χ1) is 11.2. The van der Waals surface area contributed by atoms with E-state index in [-0.39, 0.29) is 33.9 Å². The van der Waals surface area contributed by atoms with Crippen molar-refractivity contribution >= 4 is 11.6 Å². The van der Waals surface area contributed by atoms with Gasteiger partial charge in [0.15, 0.2) is 5.78 Å². The average molecular weight is 325 g/mol. The predicted molar refractivity (Wildman–Crippen MR) is 87.2 cm³/mol. The molecule has 0 spiro atoms. The molecule has 3 rings (SSSR count). The van der Waals surface area contributed by atoms with Gasteiger partial charge in [-0.25, -0.2) is 4.79 Å². The van der Waals surface area contributed by atoms with Gasteiger partial charge in [0.25, 0.3) is 0 Å². The van der Waals surface area contributed by atoms with E-state index in [0.29, 0.717) is 16.7 Å². The number of phenols is 1. The third kappa shape index (κ3) is 2.15. The average Bonchev–Trinajstić information content (AvgIpc) is 2.51. The number of fused-ring (bicyclic) bond motifs is 1. The lowest BCUT2D eigenvalue weighted by molar-refractivity contribution is 0.0983. The number of nitrogens with two attached hydrogens (primary N) is 1. The molecule has 0 aliphatic heterocycles. The standard InChI is InChI=1S/C18H15NO5/c1-7-5-10-12(20)6-11(19)16(22)13(10)14(15(7)21)17-8(2)4-9(3)18(23)24-17/h4-6,21H,19H2,1-3H3. The van der Waals surface area contributed by atoms with Crippen LogP contribution in [0.4, 0.5) is 0 Å². The summed E-state index contributed by atoms with van der Waals surface area (Å²) in [6.45, 7) is 4.89. The van der Waals surface area contributed by atoms with E-state index < -0.39 is 17.2 Å². The van der Waals surface area contributed by atoms with Crippen molar-refractivity contribution in [3.8, 4) is 17.1 Å². The summed E-state index contributed by atoms with van der Waals surface area (Å²) >= 11 is 0. The van der Waals surface area contributed by atoms with Crippen molar-refractivity contribution in [1.82, 2.24) is 0 Å². The minimum Gasteiger partial charge on any atom is -0.507 e. The molecule has 0 unspecified atom stereocenters. The van der Waals surface area contributed by atoms with Gasteiger partial charge >= 0.3 is 5.63 Å². The van der Waals surface area contributed by atoms with Gasteiger partial charge in [-0.3, -0.25) is 9.59 Å². The second-order valence-corrected chi connectivity index (χ2v) is 5.86. The van der Waals surface area contributed by atoms with Crippen LogP contribution in [0.5, 0.6) is 5.75 Å². The van der Waals surface area contributed by atoms with Gasteiger partial charge in [0.1, 0.15) is 11.5 Å². The Labute approximate surface area is 137 Å². The molecular weight excluding hydrogens is 310 g/mol. The van der Waals surface area contributed by atoms with Crippen LogP contribution in [0, 0.1) is 20.8 Å². The molecule has 0 saturated heterocycles. The van der Waals surface area contributed by atoms with Crippen LogP contribution < -0.4 is 11.4 Å². The zero-order valence-electron chi connectivity index (χ0n) is 13.4. The lowest BCUT2D eigenvalue weighted by Gasteiger charge is -2.19. The Bertz CT molecular complexity index is 1010. The lowest BCUT2D eigenvalue weighted by Crippen LogP contribution is -2.23. The van der Waals surface area contributed by atoms with Crippen LogP contribution in [0.25, 0.3) is 11.3 Å². The molecule has 2 aromatic rings. The third-order valence-electron chi connectivity index (χ3n) is 4.07. The first-order valence-electron chi connectivity index (χ1n) is 7.26. The lowest BCUT2D eigenvalue weighted by atomic mass is 9.85. The van der Waals surface area contributed by atoms with E-state index in [9.17, 15) is 19.5 Å². The van der Waals surface area contributed by atoms with Crippen molar-refractivity contribution in [3.63, 3.8) is 0 Å². The summed E-state index contributed by atoms with van der Waals surface area (Å²) in [6.07, 6.45) is 1.06. The number of aromatic hydroxyl groups is 1. The maximum absolute atomic E-state index is 12.5. The Kier molecular flexibility index (Phi) is 3.41. The zero-order chi connectivity index (χ0) is 17.8. The second kappa shape index (κ2) is 5.19. The van der Waals surface area contributed by atoms with Crippen LogP contribution in [-0.2, 0) is 0 Å². The molecule has 1 heterocycles. The van der Waals surface area contributed by atoms with Gasteiger partial charge in [-0.1, -0.05) is 0 Å². The number of allylic oxidation sites excluding steroid dienone is 2. The number of phenolic OH excluding ortho intramolecular Hbond substituents is 1. The zero-order valence-corrected chi connectivity index (χ0v) is 13.4. The fraction of sp³-hybridized carbons (Fsp3) is 0.167. The van der Waals surface area contributed by atoms with Crippen molar-refractivity contribution in [1.29, 1.82) is 0 Å². The fourth-order valence-corrected chi connectivity index (χ4v) is 2.84. The van der Waals surface area contributed by atoms with Gasteiger partial charge in [0.05, 0.1) is 11.3 Å². The number of Topliss-reactive ketones (excluding diaryl/α,β-unsaturated/α-hetero) is 1. The molecule has 0 amide bonds. The number of hydrogen-bond acceptors (Lipinski definition) is 6. The number of carbonyl (C=O) groups is 2. The van der Waals surface area contributed by atoms with Crippen molar-refractivity contribution in [2.45, 2.75) is 20.8 Å². The summed E-state index contributed by atoms with van der Waals surface area (Å²) in [6, 6.07) is 3.03. The minimum absolute atomic E-state index is 0.0222. The van der Waals surface area contributed by atoms with Crippen LogP contribution in [0.15, 0.2) is 33.1 Å². The first-order valence-corrected chi connectivity index (χ1v) is 7.26. The molecular formula is C18H15NO5. The molecule has 122 valence electrons. The van der Waals surface area contributed by atoms with E-state index >= 15 is 0 Å². The van der Waals surface area contributed by atoms with Crippen LogP contribution in [-0.4, -0.2) is 16.7 Å². The number of hydrogen-bond donors (Lipinski definition) is 2. The summed E-state index contributed by atoms with van der Waals surface area (Å²) in [4.78, 5) is 36.6. The van der Waals surface area contributed by atoms with E-state index in [1.54, 1.807) is 26.8 Å². The van der Waals surface area contributed by atoms with Crippen LogP contribution in [0.2, 0.25) is 0 Å². The van der Waals surface area contributed by atoms with E-state index in [1.165, 1.54) is 6.07 Å². The van der Waals surface area contributed by atoms with Crippen LogP contribution in [0.3, 0.4) is 0 Å². The molecule has 0 bridgehead atoms. The summed E-state index contributed by atoms with van der Waals surface area (Å²) < 4.78 is 5.31. The topological polar surface area (TPSA) is 111 Å². The molecule has 1 aliphatic rings. The maximum Gasteiger partial charge on any atom is 0.339 e. The molecule has 24 heavy (non-hydrogen) atoms. The molecule has 0 radical (unpaired) electrons. The number of rotatable bonds is 1. The Balaban J connectivity index is 2.48. The molecule has 1 aromatic carbocycles. The second-order valence-electron chi connectivity index (χ2n) is 5.86. The molecule has 0 fully saturated rings. The van der Waals surface area contributed by atoms with Gasteiger partial charge in [0, 0.05) is 22.8 Å². The van der Waals surface area contributed by atoms with Crippen molar-refractivity contribution < 1.29 is 19.1 Å².